The summed E-state index contributed by atoms with van der Waals surface area (Å²) in [4.78, 5) is 33.4. The molecule has 1 aromatic carbocycles. The minimum Gasteiger partial charge on any atom is -0.459 e. The van der Waals surface area contributed by atoms with E-state index in [1.54, 1.807) is 12.1 Å². The van der Waals surface area contributed by atoms with Crippen molar-refractivity contribution in [2.75, 3.05) is 18.8 Å². The summed E-state index contributed by atoms with van der Waals surface area (Å²) in [6.45, 7) is -1.56. The third-order valence-electron chi connectivity index (χ3n) is 6.08. The second-order valence-electron chi connectivity index (χ2n) is 9.17. The van der Waals surface area contributed by atoms with Crippen LogP contribution in [-0.2, 0) is 17.5 Å². The van der Waals surface area contributed by atoms with Crippen molar-refractivity contribution in [1.82, 2.24) is 20.2 Å². The van der Waals surface area contributed by atoms with Gasteiger partial charge in [-0.15, -0.1) is 0 Å². The number of hydrogen-bond donors (Lipinski definition) is 2. The van der Waals surface area contributed by atoms with Gasteiger partial charge in [-0.3, -0.25) is 14.6 Å². The predicted octanol–water partition coefficient (Wildman–Crippen LogP) is 4.91. The van der Waals surface area contributed by atoms with Crippen molar-refractivity contribution in [2.24, 2.45) is 0 Å². The van der Waals surface area contributed by atoms with Crippen LogP contribution in [0, 0.1) is 0 Å². The zero-order valence-corrected chi connectivity index (χ0v) is 20.5. The van der Waals surface area contributed by atoms with Crippen molar-refractivity contribution in [3.05, 3.63) is 83.4 Å². The lowest BCUT2D eigenvalue weighted by Crippen LogP contribution is -2.58. The third kappa shape index (κ3) is 5.77. The molecule has 1 saturated heterocycles. The lowest BCUT2D eigenvalue weighted by atomic mass is 10.0. The van der Waals surface area contributed by atoms with Gasteiger partial charge in [0.2, 0.25) is 5.91 Å². The molecule has 2 amide bonds. The van der Waals surface area contributed by atoms with Gasteiger partial charge in [-0.05, 0) is 54.1 Å². The Morgan fingerprint density at radius 3 is 2.48 bits per heavy atom. The van der Waals surface area contributed by atoms with E-state index in [0.29, 0.717) is 11.4 Å². The number of likely N-dealkylation sites (tertiary alicyclic amines) is 1. The summed E-state index contributed by atoms with van der Waals surface area (Å²) in [6.07, 6.45) is 0.585. The van der Waals surface area contributed by atoms with Crippen LogP contribution in [0.3, 0.4) is 0 Å². The number of fused-ring (bicyclic) bond motifs is 1. The minimum absolute atomic E-state index is 0.0411. The highest BCUT2D eigenvalue weighted by atomic mass is 19.4. The number of carbonyl (C=O) groups excluding carboxylic acids is 2. The molecule has 5 rings (SSSR count). The van der Waals surface area contributed by atoms with E-state index in [2.05, 4.69) is 15.3 Å². The summed E-state index contributed by atoms with van der Waals surface area (Å²) in [5.41, 5.74) is 4.97. The lowest BCUT2D eigenvalue weighted by molar-refractivity contribution is -0.136. The van der Waals surface area contributed by atoms with Gasteiger partial charge in [-0.2, -0.15) is 13.2 Å². The molecule has 0 unspecified atom stereocenters. The summed E-state index contributed by atoms with van der Waals surface area (Å²) in [7, 11) is 0. The number of alkyl halides is 5. The number of anilines is 1. The number of furan rings is 1. The molecule has 4 aromatic rings. The Balaban J connectivity index is 1.34. The fraction of sp³-hybridized carbons (Fsp3) is 0.185. The molecule has 3 N–H and O–H groups in total. The Labute approximate surface area is 223 Å². The van der Waals surface area contributed by atoms with Crippen molar-refractivity contribution < 1.29 is 36.0 Å². The minimum atomic E-state index is -4.76. The molecule has 0 radical (unpaired) electrons. The number of carbonyl (C=O) groups is 2. The summed E-state index contributed by atoms with van der Waals surface area (Å²) in [5.74, 6) is -3.65. The van der Waals surface area contributed by atoms with Gasteiger partial charge in [-0.1, -0.05) is 0 Å². The van der Waals surface area contributed by atoms with Gasteiger partial charge in [0.05, 0.1) is 36.5 Å². The molecular weight excluding hydrogens is 537 g/mol. The van der Waals surface area contributed by atoms with Crippen LogP contribution in [0.2, 0.25) is 0 Å². The zero-order chi connectivity index (χ0) is 28.7. The van der Waals surface area contributed by atoms with Crippen molar-refractivity contribution >= 4 is 34.7 Å². The summed E-state index contributed by atoms with van der Waals surface area (Å²) in [6, 6.07) is 9.59. The number of nitrogens with one attached hydrogen (secondary N) is 1. The van der Waals surface area contributed by atoms with Crippen LogP contribution in [0.15, 0.2) is 65.4 Å². The topological polar surface area (TPSA) is 114 Å². The van der Waals surface area contributed by atoms with E-state index in [1.165, 1.54) is 42.6 Å². The van der Waals surface area contributed by atoms with E-state index in [9.17, 15) is 31.5 Å². The number of benzene rings is 1. The second-order valence-corrected chi connectivity index (χ2v) is 9.17. The Hall–Kier alpha value is -4.81. The quantitative estimate of drug-likeness (QED) is 0.257. The molecule has 0 atom stereocenters. The molecule has 1 fully saturated rings. The molecule has 0 saturated carbocycles. The molecule has 0 bridgehead atoms. The number of pyridine rings is 2. The highest BCUT2D eigenvalue weighted by molar-refractivity contribution is 5.95. The van der Waals surface area contributed by atoms with Crippen molar-refractivity contribution in [3.8, 4) is 11.3 Å². The first-order chi connectivity index (χ1) is 18.9. The lowest BCUT2D eigenvalue weighted by Gasteiger charge is -2.38. The predicted molar refractivity (Wildman–Crippen MR) is 135 cm³/mol. The number of nitrogens with two attached hydrogens (primary N) is 1. The Bertz CT molecular complexity index is 1600. The van der Waals surface area contributed by atoms with Crippen LogP contribution in [0.25, 0.3) is 28.3 Å². The van der Waals surface area contributed by atoms with E-state index in [1.807, 2.05) is 0 Å². The molecule has 40 heavy (non-hydrogen) atoms. The maximum absolute atomic E-state index is 13.9. The smallest absolute Gasteiger partial charge is 0.420 e. The molecule has 0 spiro atoms. The van der Waals surface area contributed by atoms with Gasteiger partial charge >= 0.3 is 6.18 Å². The van der Waals surface area contributed by atoms with E-state index in [-0.39, 0.29) is 34.5 Å². The second kappa shape index (κ2) is 10.1. The van der Waals surface area contributed by atoms with Gasteiger partial charge < -0.3 is 20.4 Å². The fourth-order valence-electron chi connectivity index (χ4n) is 4.10. The molecule has 3 aromatic heterocycles. The van der Waals surface area contributed by atoms with Gasteiger partial charge in [0.15, 0.2) is 0 Å². The van der Waals surface area contributed by atoms with Crippen LogP contribution in [0.4, 0.5) is 27.8 Å². The summed E-state index contributed by atoms with van der Waals surface area (Å²) in [5, 5.41) is 2.67. The number of hydrogen-bond acceptors (Lipinski definition) is 6. The van der Waals surface area contributed by atoms with E-state index >= 15 is 0 Å². The van der Waals surface area contributed by atoms with Crippen molar-refractivity contribution in [2.45, 2.75) is 18.6 Å². The Morgan fingerprint density at radius 2 is 1.85 bits per heavy atom. The standard InChI is InChI=1S/C27H20F5N5O3/c28-26(29)13-37(14-26)25(39)16-3-4-21(34-11-16)17-7-18-8-19(40-24(18)20(9-17)27(30,31)32)12-36-23(38)6-2-15-1-5-22(33)35-10-15/h1-11H,12-14H2,(H2,33,35)(H,36,38)/b6-2+. The molecule has 1 aliphatic heterocycles. The van der Waals surface area contributed by atoms with Gasteiger partial charge in [0.1, 0.15) is 17.2 Å². The average Bonchev–Trinajstić information content (AvgIpc) is 3.31. The van der Waals surface area contributed by atoms with E-state index < -0.39 is 48.1 Å². The number of amides is 2. The molecular formula is C27H20F5N5O3. The third-order valence-corrected chi connectivity index (χ3v) is 6.08. The van der Waals surface area contributed by atoms with E-state index in [4.69, 9.17) is 10.2 Å². The number of nitrogens with zero attached hydrogens (tertiary/aromatic N) is 3. The Morgan fingerprint density at radius 1 is 1.07 bits per heavy atom. The summed E-state index contributed by atoms with van der Waals surface area (Å²) < 4.78 is 73.3. The van der Waals surface area contributed by atoms with Crippen LogP contribution in [-0.4, -0.2) is 45.7 Å². The SMILES string of the molecule is Nc1ccc(/C=C/C(=O)NCc2cc3cc(-c4ccc(C(=O)N5CC(F)(F)C5)cn4)cc(C(F)(F)F)c3o2)cn1. The number of halogens is 5. The van der Waals surface area contributed by atoms with Crippen LogP contribution < -0.4 is 11.1 Å². The highest BCUT2D eigenvalue weighted by Crippen LogP contribution is 2.39. The van der Waals surface area contributed by atoms with E-state index in [0.717, 1.165) is 17.2 Å². The first kappa shape index (κ1) is 26.8. The average molecular weight is 557 g/mol. The van der Waals surface area contributed by atoms with Crippen LogP contribution >= 0.6 is 0 Å². The summed E-state index contributed by atoms with van der Waals surface area (Å²) >= 11 is 0. The maximum Gasteiger partial charge on any atom is 0.420 e. The molecule has 8 nitrogen and oxygen atoms in total. The van der Waals surface area contributed by atoms with Gasteiger partial charge in [0, 0.05) is 29.4 Å². The number of aromatic nitrogens is 2. The van der Waals surface area contributed by atoms with Crippen LogP contribution in [0.1, 0.15) is 27.2 Å². The molecule has 4 heterocycles. The molecule has 206 valence electrons. The Kier molecular flexibility index (Phi) is 6.74. The monoisotopic (exact) mass is 557 g/mol. The molecule has 13 heteroatoms. The largest absolute Gasteiger partial charge is 0.459 e. The normalized spacial score (nSPS) is 14.9. The first-order valence-electron chi connectivity index (χ1n) is 11.8. The van der Waals surface area contributed by atoms with Crippen molar-refractivity contribution in [3.63, 3.8) is 0 Å². The van der Waals surface area contributed by atoms with Crippen LogP contribution in [0.5, 0.6) is 0 Å². The first-order valence-corrected chi connectivity index (χ1v) is 11.8. The maximum atomic E-state index is 13.9. The molecule has 0 aliphatic carbocycles. The fourth-order valence-corrected chi connectivity index (χ4v) is 4.10. The molecule has 1 aliphatic rings. The number of nitrogen functional groups attached to an aromatic ring is 1. The zero-order valence-electron chi connectivity index (χ0n) is 20.5. The number of rotatable bonds is 6. The van der Waals surface area contributed by atoms with Gasteiger partial charge in [0.25, 0.3) is 11.8 Å². The van der Waals surface area contributed by atoms with Gasteiger partial charge in [-0.25, -0.2) is 13.8 Å². The van der Waals surface area contributed by atoms with Crippen molar-refractivity contribution in [1.29, 1.82) is 0 Å². The highest BCUT2D eigenvalue weighted by Gasteiger charge is 2.46.